The molecule has 5 N–H and O–H groups in total. The Bertz CT molecular complexity index is 897. The third-order valence-corrected chi connectivity index (χ3v) is 6.56. The first kappa shape index (κ1) is 40.3. The molecule has 0 spiro atoms. The van der Waals surface area contributed by atoms with E-state index in [1.165, 1.54) is 7.11 Å². The molecule has 0 unspecified atom stereocenters. The van der Waals surface area contributed by atoms with Crippen molar-refractivity contribution < 1.29 is 38.2 Å². The summed E-state index contributed by atoms with van der Waals surface area (Å²) >= 11 is 0. The van der Waals surface area contributed by atoms with E-state index in [0.29, 0.717) is 32.2 Å². The lowest BCUT2D eigenvalue weighted by Crippen LogP contribution is -2.55. The predicted octanol–water partition coefficient (Wildman–Crippen LogP) is 3.53. The smallest absolute Gasteiger partial charge is 0.407 e. The molecule has 0 bridgehead atoms. The Morgan fingerprint density at radius 1 is 0.837 bits per heavy atom. The van der Waals surface area contributed by atoms with Gasteiger partial charge in [-0.2, -0.15) is 0 Å². The average molecular weight is 615 g/mol. The van der Waals surface area contributed by atoms with Crippen molar-refractivity contribution in [2.45, 2.75) is 149 Å². The molecule has 0 aliphatic rings. The zero-order valence-corrected chi connectivity index (χ0v) is 28.1. The van der Waals surface area contributed by atoms with E-state index in [1.54, 1.807) is 34.6 Å². The van der Waals surface area contributed by atoms with E-state index < -0.39 is 65.2 Å². The number of alkyl carbamates (subject to hydrolysis) is 1. The SMILES string of the molecule is CCCC[C@H](N)C(=O)N[C@H](C(=O)C[C@@H](CC)C(=O)N[C@@H](CCCCNC(=O)OC(C)(C)C)C(=O)OC)[C@@H](C)OC(C)(C)C. The first-order valence-electron chi connectivity index (χ1n) is 15.5. The van der Waals surface area contributed by atoms with Crippen molar-refractivity contribution in [2.75, 3.05) is 13.7 Å². The van der Waals surface area contributed by atoms with Gasteiger partial charge >= 0.3 is 12.1 Å². The Labute approximate surface area is 258 Å². The number of Topliss-reactive ketones (excluding diaryl/α,β-unsaturated/α-hetero) is 1. The molecule has 250 valence electrons. The maximum Gasteiger partial charge on any atom is 0.407 e. The molecular formula is C31H58N4O8. The zero-order chi connectivity index (χ0) is 33.4. The Hall–Kier alpha value is -2.73. The van der Waals surface area contributed by atoms with E-state index in [9.17, 15) is 24.0 Å². The summed E-state index contributed by atoms with van der Waals surface area (Å²) < 4.78 is 16.1. The van der Waals surface area contributed by atoms with Crippen LogP contribution in [0.2, 0.25) is 0 Å². The fraction of sp³-hybridized carbons (Fsp3) is 0.839. The van der Waals surface area contributed by atoms with Crippen LogP contribution in [0.5, 0.6) is 0 Å². The van der Waals surface area contributed by atoms with Gasteiger partial charge < -0.3 is 35.9 Å². The number of hydrogen-bond donors (Lipinski definition) is 4. The minimum absolute atomic E-state index is 0.164. The molecule has 12 nitrogen and oxygen atoms in total. The van der Waals surface area contributed by atoms with Crippen LogP contribution in [-0.2, 0) is 33.4 Å². The van der Waals surface area contributed by atoms with Crippen LogP contribution < -0.4 is 21.7 Å². The third-order valence-electron chi connectivity index (χ3n) is 6.56. The standard InChI is InChI=1S/C31H58N4O8/c1-11-13-16-22(32)27(38)35-25(20(3)42-30(4,5)6)24(36)19-21(12-2)26(37)34-23(28(39)41-10)17-14-15-18-33-29(40)43-31(7,8)9/h20-23,25H,11-19,32H2,1-10H3,(H,33,40)(H,34,37)(H,35,38)/t20-,21-,22+,23+,25+/m1/s1. The molecular weight excluding hydrogens is 556 g/mol. The number of ketones is 1. The quantitative estimate of drug-likeness (QED) is 0.125. The molecule has 0 aliphatic carbocycles. The van der Waals surface area contributed by atoms with Crippen LogP contribution in [0.4, 0.5) is 4.79 Å². The number of carbonyl (C=O) groups excluding carboxylic acids is 5. The molecule has 3 amide bonds. The molecule has 5 atom stereocenters. The summed E-state index contributed by atoms with van der Waals surface area (Å²) in [6.07, 6.45) is 2.46. The highest BCUT2D eigenvalue weighted by molar-refractivity contribution is 5.94. The number of rotatable bonds is 19. The monoisotopic (exact) mass is 614 g/mol. The second-order valence-electron chi connectivity index (χ2n) is 13.0. The van der Waals surface area contributed by atoms with Gasteiger partial charge in [-0.1, -0.05) is 26.7 Å². The predicted molar refractivity (Wildman–Crippen MR) is 165 cm³/mol. The van der Waals surface area contributed by atoms with Crippen molar-refractivity contribution in [2.24, 2.45) is 11.7 Å². The maximum absolute atomic E-state index is 13.5. The van der Waals surface area contributed by atoms with E-state index in [4.69, 9.17) is 19.9 Å². The first-order valence-corrected chi connectivity index (χ1v) is 15.5. The van der Waals surface area contributed by atoms with E-state index >= 15 is 0 Å². The van der Waals surface area contributed by atoms with E-state index in [2.05, 4.69) is 16.0 Å². The minimum Gasteiger partial charge on any atom is -0.467 e. The van der Waals surface area contributed by atoms with Crippen molar-refractivity contribution in [1.29, 1.82) is 0 Å². The van der Waals surface area contributed by atoms with Crippen LogP contribution in [0.3, 0.4) is 0 Å². The summed E-state index contributed by atoms with van der Waals surface area (Å²) in [6, 6.07) is -2.68. The van der Waals surface area contributed by atoms with Crippen LogP contribution in [-0.4, -0.2) is 78.7 Å². The number of nitrogens with two attached hydrogens (primary N) is 1. The zero-order valence-electron chi connectivity index (χ0n) is 28.1. The van der Waals surface area contributed by atoms with Gasteiger partial charge in [0.05, 0.1) is 24.9 Å². The van der Waals surface area contributed by atoms with Crippen LogP contribution in [0.1, 0.15) is 114 Å². The van der Waals surface area contributed by atoms with Gasteiger partial charge in [-0.05, 0) is 80.6 Å². The van der Waals surface area contributed by atoms with Crippen molar-refractivity contribution in [3.63, 3.8) is 0 Å². The summed E-state index contributed by atoms with van der Waals surface area (Å²) in [5.74, 6) is -2.62. The van der Waals surface area contributed by atoms with Gasteiger partial charge in [0, 0.05) is 18.9 Å². The second kappa shape index (κ2) is 19.5. The van der Waals surface area contributed by atoms with E-state index in [1.807, 2.05) is 27.7 Å². The number of ether oxygens (including phenoxy) is 3. The highest BCUT2D eigenvalue weighted by Gasteiger charge is 2.34. The lowest BCUT2D eigenvalue weighted by Gasteiger charge is -2.32. The van der Waals surface area contributed by atoms with Crippen molar-refractivity contribution in [3.05, 3.63) is 0 Å². The molecule has 0 radical (unpaired) electrons. The molecule has 0 aromatic carbocycles. The molecule has 0 fully saturated rings. The van der Waals surface area contributed by atoms with Gasteiger partial charge in [-0.15, -0.1) is 0 Å². The normalized spacial score (nSPS) is 15.3. The van der Waals surface area contributed by atoms with Crippen molar-refractivity contribution in [1.82, 2.24) is 16.0 Å². The Kier molecular flexibility index (Phi) is 18.3. The molecule has 43 heavy (non-hydrogen) atoms. The van der Waals surface area contributed by atoms with Crippen LogP contribution in [0.15, 0.2) is 0 Å². The van der Waals surface area contributed by atoms with E-state index in [0.717, 1.165) is 12.8 Å². The van der Waals surface area contributed by atoms with Gasteiger partial charge in [-0.25, -0.2) is 9.59 Å². The fourth-order valence-electron chi connectivity index (χ4n) is 4.35. The molecule has 0 heterocycles. The van der Waals surface area contributed by atoms with Crippen LogP contribution >= 0.6 is 0 Å². The third kappa shape index (κ3) is 17.9. The molecule has 0 aromatic heterocycles. The fourth-order valence-corrected chi connectivity index (χ4v) is 4.35. The first-order chi connectivity index (χ1) is 19.8. The van der Waals surface area contributed by atoms with Gasteiger partial charge in [0.1, 0.15) is 17.7 Å². The molecule has 0 saturated heterocycles. The van der Waals surface area contributed by atoms with Gasteiger partial charge in [0.25, 0.3) is 0 Å². The maximum atomic E-state index is 13.5. The highest BCUT2D eigenvalue weighted by atomic mass is 16.6. The number of nitrogens with one attached hydrogen (secondary N) is 3. The highest BCUT2D eigenvalue weighted by Crippen LogP contribution is 2.18. The lowest BCUT2D eigenvalue weighted by molar-refractivity contribution is -0.146. The largest absolute Gasteiger partial charge is 0.467 e. The number of unbranched alkanes of at least 4 members (excludes halogenated alkanes) is 2. The van der Waals surface area contributed by atoms with Crippen molar-refractivity contribution >= 4 is 29.7 Å². The molecule has 0 aromatic rings. The summed E-state index contributed by atoms with van der Waals surface area (Å²) in [5.41, 5.74) is 4.87. The van der Waals surface area contributed by atoms with Gasteiger partial charge in [0.15, 0.2) is 5.78 Å². The minimum atomic E-state index is -1.00. The Balaban J connectivity index is 5.40. The number of carbonyl (C=O) groups is 5. The topological polar surface area (TPSA) is 175 Å². The average Bonchev–Trinajstić information content (AvgIpc) is 2.89. The summed E-state index contributed by atoms with van der Waals surface area (Å²) in [5, 5.41) is 8.15. The number of hydrogen-bond acceptors (Lipinski definition) is 9. The summed E-state index contributed by atoms with van der Waals surface area (Å²) in [6.45, 7) is 16.7. The number of amides is 3. The van der Waals surface area contributed by atoms with Crippen LogP contribution in [0, 0.1) is 5.92 Å². The van der Waals surface area contributed by atoms with Crippen molar-refractivity contribution in [3.8, 4) is 0 Å². The summed E-state index contributed by atoms with van der Waals surface area (Å²) in [4.78, 5) is 63.8. The van der Waals surface area contributed by atoms with E-state index in [-0.39, 0.29) is 18.6 Å². The summed E-state index contributed by atoms with van der Waals surface area (Å²) in [7, 11) is 1.24. The molecule has 0 aliphatic heterocycles. The number of methoxy groups -OCH3 is 1. The lowest BCUT2D eigenvalue weighted by atomic mass is 9.92. The Morgan fingerprint density at radius 3 is 1.98 bits per heavy atom. The molecule has 0 rings (SSSR count). The second-order valence-corrected chi connectivity index (χ2v) is 13.0. The van der Waals surface area contributed by atoms with Gasteiger partial charge in [-0.3, -0.25) is 14.4 Å². The van der Waals surface area contributed by atoms with Crippen LogP contribution in [0.25, 0.3) is 0 Å². The molecule has 12 heteroatoms. The number of esters is 1. The molecule has 0 saturated carbocycles. The Morgan fingerprint density at radius 2 is 1.47 bits per heavy atom. The van der Waals surface area contributed by atoms with Gasteiger partial charge in [0.2, 0.25) is 11.8 Å².